The van der Waals surface area contributed by atoms with E-state index in [4.69, 9.17) is 5.73 Å². The summed E-state index contributed by atoms with van der Waals surface area (Å²) >= 11 is 0. The van der Waals surface area contributed by atoms with E-state index in [0.29, 0.717) is 12.0 Å². The van der Waals surface area contributed by atoms with E-state index in [0.717, 1.165) is 6.54 Å². The Bertz CT molecular complexity index is 265. The quantitative estimate of drug-likeness (QED) is 0.780. The summed E-state index contributed by atoms with van der Waals surface area (Å²) in [4.78, 5) is 5.33. The first-order chi connectivity index (χ1) is 9.45. The monoisotopic (exact) mass is 283 g/mol. The van der Waals surface area contributed by atoms with E-state index in [9.17, 15) is 0 Å². The third-order valence-corrected chi connectivity index (χ3v) is 4.72. The second-order valence-electron chi connectivity index (χ2n) is 7.26. The lowest BCUT2D eigenvalue weighted by atomic mass is 9.86. The van der Waals surface area contributed by atoms with E-state index in [1.54, 1.807) is 0 Å². The Morgan fingerprint density at radius 3 is 2.35 bits per heavy atom. The number of hydrogen-bond donors (Lipinski definition) is 1. The molecular formula is C17H37N3. The molecule has 0 bridgehead atoms. The molecule has 1 rings (SSSR count). The molecule has 3 nitrogen and oxygen atoms in total. The van der Waals surface area contributed by atoms with Gasteiger partial charge in [-0.15, -0.1) is 0 Å². The topological polar surface area (TPSA) is 32.5 Å². The Hall–Kier alpha value is -0.120. The molecule has 0 spiro atoms. The minimum absolute atomic E-state index is 0.223. The molecule has 0 aliphatic carbocycles. The number of rotatable bonds is 7. The van der Waals surface area contributed by atoms with Gasteiger partial charge < -0.3 is 10.6 Å². The molecule has 2 N–H and O–H groups in total. The summed E-state index contributed by atoms with van der Waals surface area (Å²) in [6, 6.07) is 0.582. The van der Waals surface area contributed by atoms with Crippen LogP contribution in [0.1, 0.15) is 60.3 Å². The molecule has 1 unspecified atom stereocenters. The van der Waals surface area contributed by atoms with Gasteiger partial charge in [-0.2, -0.15) is 0 Å². The van der Waals surface area contributed by atoms with Crippen molar-refractivity contribution in [1.82, 2.24) is 9.80 Å². The fourth-order valence-corrected chi connectivity index (χ4v) is 3.73. The molecule has 1 fully saturated rings. The molecule has 3 heteroatoms. The summed E-state index contributed by atoms with van der Waals surface area (Å²) < 4.78 is 0. The largest absolute Gasteiger partial charge is 0.329 e. The van der Waals surface area contributed by atoms with Crippen LogP contribution in [0.2, 0.25) is 0 Å². The first kappa shape index (κ1) is 17.9. The van der Waals surface area contributed by atoms with E-state index in [2.05, 4.69) is 44.4 Å². The smallest absolute Gasteiger partial charge is 0.0347 e. The Morgan fingerprint density at radius 2 is 1.85 bits per heavy atom. The summed E-state index contributed by atoms with van der Waals surface area (Å²) in [6.45, 7) is 17.3. The van der Waals surface area contributed by atoms with Crippen LogP contribution in [0.5, 0.6) is 0 Å². The maximum absolute atomic E-state index is 6.28. The highest BCUT2D eigenvalue weighted by Crippen LogP contribution is 2.31. The second kappa shape index (κ2) is 8.35. The molecule has 120 valence electrons. The van der Waals surface area contributed by atoms with Gasteiger partial charge >= 0.3 is 0 Å². The average molecular weight is 284 g/mol. The lowest BCUT2D eigenvalue weighted by molar-refractivity contribution is 0.0370. The molecule has 1 aliphatic rings. The Morgan fingerprint density at radius 1 is 1.15 bits per heavy atom. The molecule has 1 saturated heterocycles. The van der Waals surface area contributed by atoms with Crippen molar-refractivity contribution in [3.8, 4) is 0 Å². The number of likely N-dealkylation sites (tertiary alicyclic amines) is 1. The van der Waals surface area contributed by atoms with Crippen molar-refractivity contribution in [2.45, 2.75) is 71.9 Å². The van der Waals surface area contributed by atoms with Crippen LogP contribution in [-0.4, -0.2) is 54.1 Å². The van der Waals surface area contributed by atoms with E-state index in [1.807, 2.05) is 0 Å². The van der Waals surface area contributed by atoms with Gasteiger partial charge in [-0.05, 0) is 65.1 Å². The summed E-state index contributed by atoms with van der Waals surface area (Å²) in [7, 11) is 0. The normalized spacial score (nSPS) is 25.6. The van der Waals surface area contributed by atoms with Crippen molar-refractivity contribution in [3.63, 3.8) is 0 Å². The van der Waals surface area contributed by atoms with Gasteiger partial charge in [0.25, 0.3) is 0 Å². The summed E-state index contributed by atoms with van der Waals surface area (Å²) in [5, 5.41) is 0. The zero-order valence-electron chi connectivity index (χ0n) is 14.5. The van der Waals surface area contributed by atoms with Gasteiger partial charge in [0.1, 0.15) is 0 Å². The van der Waals surface area contributed by atoms with Crippen LogP contribution in [0.4, 0.5) is 0 Å². The predicted molar refractivity (Wildman–Crippen MR) is 89.0 cm³/mol. The molecule has 20 heavy (non-hydrogen) atoms. The van der Waals surface area contributed by atoms with Crippen molar-refractivity contribution in [1.29, 1.82) is 0 Å². The van der Waals surface area contributed by atoms with Crippen LogP contribution < -0.4 is 5.73 Å². The lowest BCUT2D eigenvalue weighted by Crippen LogP contribution is -2.58. The fourth-order valence-electron chi connectivity index (χ4n) is 3.73. The highest BCUT2D eigenvalue weighted by molar-refractivity contribution is 4.96. The zero-order valence-corrected chi connectivity index (χ0v) is 14.5. The fraction of sp³-hybridized carbons (Fsp3) is 1.00. The van der Waals surface area contributed by atoms with Crippen molar-refractivity contribution >= 4 is 0 Å². The summed E-state index contributed by atoms with van der Waals surface area (Å²) in [6.07, 6.45) is 5.04. The molecule has 0 aromatic heterocycles. The highest BCUT2D eigenvalue weighted by Gasteiger charge is 2.38. The molecule has 1 aliphatic heterocycles. The molecule has 0 aromatic rings. The molecule has 0 aromatic carbocycles. The van der Waals surface area contributed by atoms with Gasteiger partial charge in [0.05, 0.1) is 0 Å². The summed E-state index contributed by atoms with van der Waals surface area (Å²) in [5.41, 5.74) is 6.50. The number of nitrogens with zero attached hydrogens (tertiary/aromatic N) is 2. The van der Waals surface area contributed by atoms with E-state index in [-0.39, 0.29) is 5.54 Å². The van der Waals surface area contributed by atoms with Crippen LogP contribution in [0.15, 0.2) is 0 Å². The summed E-state index contributed by atoms with van der Waals surface area (Å²) in [5.74, 6) is 0.704. The second-order valence-corrected chi connectivity index (χ2v) is 7.26. The maximum Gasteiger partial charge on any atom is 0.0347 e. The van der Waals surface area contributed by atoms with Crippen LogP contribution in [0, 0.1) is 5.92 Å². The predicted octanol–water partition coefficient (Wildman–Crippen LogP) is 2.95. The number of hydrogen-bond acceptors (Lipinski definition) is 3. The van der Waals surface area contributed by atoms with E-state index >= 15 is 0 Å². The first-order valence-corrected chi connectivity index (χ1v) is 8.64. The average Bonchev–Trinajstić information content (AvgIpc) is 2.59. The van der Waals surface area contributed by atoms with Crippen molar-refractivity contribution in [2.75, 3.05) is 32.7 Å². The van der Waals surface area contributed by atoms with Crippen LogP contribution in [-0.2, 0) is 0 Å². The molecule has 0 radical (unpaired) electrons. The lowest BCUT2D eigenvalue weighted by Gasteiger charge is -2.46. The van der Waals surface area contributed by atoms with Crippen molar-refractivity contribution in [3.05, 3.63) is 0 Å². The van der Waals surface area contributed by atoms with Crippen molar-refractivity contribution < 1.29 is 0 Å². The van der Waals surface area contributed by atoms with Gasteiger partial charge in [-0.3, -0.25) is 4.90 Å². The van der Waals surface area contributed by atoms with E-state index < -0.39 is 0 Å². The molecule has 1 atom stereocenters. The van der Waals surface area contributed by atoms with Gasteiger partial charge in [0.15, 0.2) is 0 Å². The Kier molecular flexibility index (Phi) is 7.49. The zero-order chi connectivity index (χ0) is 15.2. The Labute approximate surface area is 126 Å². The first-order valence-electron chi connectivity index (χ1n) is 8.64. The Balaban J connectivity index is 2.82. The van der Waals surface area contributed by atoms with Gasteiger partial charge in [0, 0.05) is 24.7 Å². The minimum atomic E-state index is 0.223. The van der Waals surface area contributed by atoms with Crippen LogP contribution in [0.3, 0.4) is 0 Å². The third-order valence-electron chi connectivity index (χ3n) is 4.72. The maximum atomic E-state index is 6.28. The van der Waals surface area contributed by atoms with Crippen molar-refractivity contribution in [2.24, 2.45) is 11.7 Å². The molecule has 1 heterocycles. The third kappa shape index (κ3) is 4.71. The van der Waals surface area contributed by atoms with E-state index in [1.165, 1.54) is 51.9 Å². The SMILES string of the molecule is CCCN1CCCC(CN)(N(CC(C)C)C(C)C)CC1. The highest BCUT2D eigenvalue weighted by atomic mass is 15.2. The molecule has 0 amide bonds. The van der Waals surface area contributed by atoms with Gasteiger partial charge in [-0.1, -0.05) is 20.8 Å². The van der Waals surface area contributed by atoms with Gasteiger partial charge in [0.2, 0.25) is 0 Å². The number of nitrogens with two attached hydrogens (primary N) is 1. The standard InChI is InChI=1S/C17H37N3/c1-6-10-19-11-7-8-17(14-18,9-12-19)20(16(4)5)13-15(2)3/h15-16H,6-14,18H2,1-5H3. The van der Waals surface area contributed by atoms with Gasteiger partial charge in [-0.25, -0.2) is 0 Å². The molecular weight excluding hydrogens is 246 g/mol. The van der Waals surface area contributed by atoms with Crippen LogP contribution >= 0.6 is 0 Å². The molecule has 0 saturated carbocycles. The van der Waals surface area contributed by atoms with Crippen LogP contribution in [0.25, 0.3) is 0 Å². The minimum Gasteiger partial charge on any atom is -0.329 e.